The molecule has 58 valence electrons. The van der Waals surface area contributed by atoms with E-state index in [0.29, 0.717) is 10.7 Å². The van der Waals surface area contributed by atoms with Crippen LogP contribution in [0.25, 0.3) is 5.65 Å². The zero-order valence-electron chi connectivity index (χ0n) is 6.03. The summed E-state index contributed by atoms with van der Waals surface area (Å²) in [5, 5.41) is 9.11. The van der Waals surface area contributed by atoms with Gasteiger partial charge in [0.2, 0.25) is 0 Å². The molecule has 0 fully saturated rings. The Labute approximate surface area is 73.8 Å². The van der Waals surface area contributed by atoms with Crippen LogP contribution < -0.4 is 0 Å². The lowest BCUT2D eigenvalue weighted by Crippen LogP contribution is -1.85. The maximum Gasteiger partial charge on any atom is 0.137 e. The first-order chi connectivity index (χ1) is 5.81. The molecule has 2 aromatic heterocycles. The molecular formula is C8H4ClN3. The van der Waals surface area contributed by atoms with Crippen molar-refractivity contribution in [2.24, 2.45) is 0 Å². The Morgan fingerprint density at radius 2 is 2.33 bits per heavy atom. The summed E-state index contributed by atoms with van der Waals surface area (Å²) in [6.07, 6.45) is 3.21. The molecule has 3 nitrogen and oxygen atoms in total. The fraction of sp³-hybridized carbons (Fsp3) is 0. The van der Waals surface area contributed by atoms with Crippen LogP contribution in [0.2, 0.25) is 5.15 Å². The third-order valence-electron chi connectivity index (χ3n) is 1.59. The van der Waals surface area contributed by atoms with Crippen molar-refractivity contribution in [3.8, 4) is 6.07 Å². The van der Waals surface area contributed by atoms with E-state index in [1.807, 2.05) is 6.07 Å². The second-order valence-electron chi connectivity index (χ2n) is 2.34. The minimum atomic E-state index is 0.516. The highest BCUT2D eigenvalue weighted by Crippen LogP contribution is 2.12. The van der Waals surface area contributed by atoms with Crippen LogP contribution in [0.3, 0.4) is 0 Å². The number of imidazole rings is 1. The van der Waals surface area contributed by atoms with E-state index in [4.69, 9.17) is 16.9 Å². The van der Waals surface area contributed by atoms with Crippen LogP contribution in [-0.2, 0) is 0 Å². The number of halogens is 1. The molecule has 0 aromatic carbocycles. The summed E-state index contributed by atoms with van der Waals surface area (Å²) in [4.78, 5) is 4.02. The predicted octanol–water partition coefficient (Wildman–Crippen LogP) is 1.86. The fourth-order valence-corrected chi connectivity index (χ4v) is 1.20. The van der Waals surface area contributed by atoms with E-state index >= 15 is 0 Å². The van der Waals surface area contributed by atoms with Crippen LogP contribution in [-0.4, -0.2) is 9.38 Å². The third kappa shape index (κ3) is 0.936. The highest BCUT2D eigenvalue weighted by atomic mass is 35.5. The second kappa shape index (κ2) is 2.50. The second-order valence-corrected chi connectivity index (χ2v) is 2.73. The van der Waals surface area contributed by atoms with Gasteiger partial charge in [-0.25, -0.2) is 4.98 Å². The van der Waals surface area contributed by atoms with Crippen LogP contribution in [0.15, 0.2) is 24.5 Å². The Morgan fingerprint density at radius 1 is 1.50 bits per heavy atom. The van der Waals surface area contributed by atoms with Crippen molar-refractivity contribution in [2.75, 3.05) is 0 Å². The molecule has 0 aliphatic carbocycles. The molecule has 2 rings (SSSR count). The molecule has 12 heavy (non-hydrogen) atoms. The Morgan fingerprint density at radius 3 is 3.08 bits per heavy atom. The van der Waals surface area contributed by atoms with Crippen molar-refractivity contribution in [1.82, 2.24) is 9.38 Å². The van der Waals surface area contributed by atoms with Crippen molar-refractivity contribution in [3.63, 3.8) is 0 Å². The number of nitriles is 1. The minimum Gasteiger partial charge on any atom is -0.289 e. The van der Waals surface area contributed by atoms with Gasteiger partial charge in [0.15, 0.2) is 0 Å². The Kier molecular flexibility index (Phi) is 1.49. The van der Waals surface area contributed by atoms with Crippen LogP contribution in [0.4, 0.5) is 0 Å². The standard InChI is InChI=1S/C8H4ClN3/c9-7-4-11-8-2-1-6(3-10)5-12(7)8/h1-2,4-5H. The van der Waals surface area contributed by atoms with E-state index < -0.39 is 0 Å². The normalized spacial score (nSPS) is 10.0. The van der Waals surface area contributed by atoms with Crippen molar-refractivity contribution in [1.29, 1.82) is 5.26 Å². The molecule has 0 bridgehead atoms. The summed E-state index contributed by atoms with van der Waals surface area (Å²) in [5.74, 6) is 0. The Hall–Kier alpha value is -1.53. The summed E-state index contributed by atoms with van der Waals surface area (Å²) >= 11 is 5.79. The van der Waals surface area contributed by atoms with Gasteiger partial charge in [0.25, 0.3) is 0 Å². The number of hydrogen-bond donors (Lipinski definition) is 0. The number of pyridine rings is 1. The number of hydrogen-bond acceptors (Lipinski definition) is 2. The summed E-state index contributed by atoms with van der Waals surface area (Å²) in [6, 6.07) is 5.49. The average molecular weight is 178 g/mol. The van der Waals surface area contributed by atoms with E-state index in [-0.39, 0.29) is 0 Å². The molecule has 2 heterocycles. The number of aromatic nitrogens is 2. The quantitative estimate of drug-likeness (QED) is 0.616. The summed E-state index contributed by atoms with van der Waals surface area (Å²) in [5.41, 5.74) is 1.32. The fourth-order valence-electron chi connectivity index (χ4n) is 1.02. The molecule has 0 amide bonds. The van der Waals surface area contributed by atoms with Gasteiger partial charge in [-0.2, -0.15) is 5.26 Å². The van der Waals surface area contributed by atoms with Gasteiger partial charge >= 0.3 is 0 Å². The Bertz CT molecular complexity index is 467. The molecule has 0 aliphatic rings. The number of rotatable bonds is 0. The van der Waals surface area contributed by atoms with E-state index in [1.54, 1.807) is 28.9 Å². The number of nitrogens with zero attached hydrogens (tertiary/aromatic N) is 3. The molecule has 0 saturated heterocycles. The van der Waals surface area contributed by atoms with Gasteiger partial charge < -0.3 is 0 Å². The highest BCUT2D eigenvalue weighted by Gasteiger charge is 1.99. The minimum absolute atomic E-state index is 0.516. The Balaban J connectivity index is 2.82. The van der Waals surface area contributed by atoms with Gasteiger partial charge in [0.05, 0.1) is 11.8 Å². The molecule has 0 aliphatic heterocycles. The largest absolute Gasteiger partial charge is 0.289 e. The summed E-state index contributed by atoms with van der Waals surface area (Å²) in [6.45, 7) is 0. The maximum absolute atomic E-state index is 8.60. The molecule has 2 aromatic rings. The molecule has 0 saturated carbocycles. The first-order valence-corrected chi connectivity index (χ1v) is 3.72. The highest BCUT2D eigenvalue weighted by molar-refractivity contribution is 6.29. The third-order valence-corrected chi connectivity index (χ3v) is 1.87. The zero-order valence-corrected chi connectivity index (χ0v) is 6.78. The molecular weight excluding hydrogens is 174 g/mol. The van der Waals surface area contributed by atoms with E-state index in [0.717, 1.165) is 5.65 Å². The first-order valence-electron chi connectivity index (χ1n) is 3.34. The monoisotopic (exact) mass is 177 g/mol. The predicted molar refractivity (Wildman–Crippen MR) is 44.9 cm³/mol. The lowest BCUT2D eigenvalue weighted by atomic mass is 10.3. The topological polar surface area (TPSA) is 41.1 Å². The summed E-state index contributed by atoms with van der Waals surface area (Å²) < 4.78 is 1.67. The SMILES string of the molecule is N#Cc1ccc2ncc(Cl)n2c1. The van der Waals surface area contributed by atoms with Crippen LogP contribution in [0.1, 0.15) is 5.56 Å². The van der Waals surface area contributed by atoms with Gasteiger partial charge in [0, 0.05) is 6.20 Å². The average Bonchev–Trinajstić information content (AvgIpc) is 2.47. The van der Waals surface area contributed by atoms with Gasteiger partial charge in [0.1, 0.15) is 16.9 Å². The molecule has 0 N–H and O–H groups in total. The van der Waals surface area contributed by atoms with Crippen molar-refractivity contribution in [3.05, 3.63) is 35.2 Å². The molecule has 0 spiro atoms. The van der Waals surface area contributed by atoms with Crippen molar-refractivity contribution < 1.29 is 0 Å². The van der Waals surface area contributed by atoms with Crippen LogP contribution in [0, 0.1) is 11.3 Å². The summed E-state index contributed by atoms with van der Waals surface area (Å²) in [7, 11) is 0. The van der Waals surface area contributed by atoms with Gasteiger partial charge in [-0.05, 0) is 12.1 Å². The first kappa shape index (κ1) is 7.14. The maximum atomic E-state index is 8.60. The van der Waals surface area contributed by atoms with E-state index in [2.05, 4.69) is 4.98 Å². The smallest absolute Gasteiger partial charge is 0.137 e. The van der Waals surface area contributed by atoms with E-state index in [1.165, 1.54) is 0 Å². The molecule has 4 heteroatoms. The van der Waals surface area contributed by atoms with Gasteiger partial charge in [-0.3, -0.25) is 4.40 Å². The van der Waals surface area contributed by atoms with E-state index in [9.17, 15) is 0 Å². The van der Waals surface area contributed by atoms with Crippen molar-refractivity contribution >= 4 is 17.2 Å². The lowest BCUT2D eigenvalue weighted by molar-refractivity contribution is 1.17. The zero-order chi connectivity index (χ0) is 8.55. The molecule has 0 radical (unpaired) electrons. The molecule has 0 unspecified atom stereocenters. The van der Waals surface area contributed by atoms with Crippen molar-refractivity contribution in [2.45, 2.75) is 0 Å². The lowest BCUT2D eigenvalue weighted by Gasteiger charge is -1.93. The number of fused-ring (bicyclic) bond motifs is 1. The van der Waals surface area contributed by atoms with Crippen LogP contribution >= 0.6 is 11.6 Å². The van der Waals surface area contributed by atoms with Crippen LogP contribution in [0.5, 0.6) is 0 Å². The van der Waals surface area contributed by atoms with Gasteiger partial charge in [-0.1, -0.05) is 11.6 Å². The van der Waals surface area contributed by atoms with Gasteiger partial charge in [-0.15, -0.1) is 0 Å². The molecule has 0 atom stereocenters.